The van der Waals surface area contributed by atoms with Crippen molar-refractivity contribution in [1.29, 1.82) is 0 Å². The number of amides is 1. The Balaban J connectivity index is 1.85. The van der Waals surface area contributed by atoms with E-state index in [2.05, 4.69) is 12.2 Å². The van der Waals surface area contributed by atoms with Crippen molar-refractivity contribution in [3.63, 3.8) is 0 Å². The van der Waals surface area contributed by atoms with Crippen molar-refractivity contribution >= 4 is 11.6 Å². The van der Waals surface area contributed by atoms with Gasteiger partial charge in [-0.05, 0) is 50.4 Å². The van der Waals surface area contributed by atoms with Crippen LogP contribution in [0.25, 0.3) is 0 Å². The van der Waals surface area contributed by atoms with E-state index in [9.17, 15) is 9.90 Å². The molecular weight excluding hydrogens is 252 g/mol. The Labute approximate surface area is 120 Å². The van der Waals surface area contributed by atoms with E-state index in [0.717, 1.165) is 31.5 Å². The minimum absolute atomic E-state index is 0.0213. The number of nitrogens with one attached hydrogen (secondary N) is 1. The topological polar surface area (TPSA) is 52.6 Å². The molecule has 1 aliphatic rings. The molecule has 2 rings (SSSR count). The summed E-state index contributed by atoms with van der Waals surface area (Å²) < 4.78 is 0. The predicted molar refractivity (Wildman–Crippen MR) is 80.7 cm³/mol. The lowest BCUT2D eigenvalue weighted by atomic mass is 9.95. The zero-order valence-electron chi connectivity index (χ0n) is 12.4. The number of rotatable bonds is 4. The first-order valence-corrected chi connectivity index (χ1v) is 7.32. The number of aryl methyl sites for hydroxylation is 1. The lowest BCUT2D eigenvalue weighted by Crippen LogP contribution is -2.48. The first-order chi connectivity index (χ1) is 9.48. The van der Waals surface area contributed by atoms with E-state index in [1.807, 2.05) is 36.1 Å². The van der Waals surface area contributed by atoms with Gasteiger partial charge in [-0.3, -0.25) is 9.69 Å². The summed E-state index contributed by atoms with van der Waals surface area (Å²) in [6, 6.07) is 7.93. The predicted octanol–water partition coefficient (Wildman–Crippen LogP) is 2.03. The maximum absolute atomic E-state index is 12.0. The van der Waals surface area contributed by atoms with Crippen LogP contribution in [0.2, 0.25) is 0 Å². The Morgan fingerprint density at radius 1 is 1.40 bits per heavy atom. The second-order valence-electron chi connectivity index (χ2n) is 5.91. The van der Waals surface area contributed by atoms with Crippen molar-refractivity contribution in [1.82, 2.24) is 4.90 Å². The maximum Gasteiger partial charge on any atom is 0.238 e. The van der Waals surface area contributed by atoms with E-state index in [1.165, 1.54) is 5.56 Å². The summed E-state index contributed by atoms with van der Waals surface area (Å²) in [5.41, 5.74) is 1.42. The molecule has 0 spiro atoms. The van der Waals surface area contributed by atoms with Crippen molar-refractivity contribution in [2.45, 2.75) is 38.7 Å². The van der Waals surface area contributed by atoms with Gasteiger partial charge in [-0.2, -0.15) is 0 Å². The molecule has 0 saturated carbocycles. The zero-order chi connectivity index (χ0) is 14.6. The van der Waals surface area contributed by atoms with E-state index in [0.29, 0.717) is 13.1 Å². The lowest BCUT2D eigenvalue weighted by molar-refractivity contribution is -0.118. The zero-order valence-corrected chi connectivity index (χ0v) is 12.4. The molecule has 1 unspecified atom stereocenters. The fraction of sp³-hybridized carbons (Fsp3) is 0.562. The molecule has 1 atom stereocenters. The molecule has 4 nitrogen and oxygen atoms in total. The number of carbonyl (C=O) groups excluding carboxylic acids is 1. The first-order valence-electron chi connectivity index (χ1n) is 7.32. The van der Waals surface area contributed by atoms with Gasteiger partial charge in [-0.25, -0.2) is 0 Å². The molecule has 4 heteroatoms. The summed E-state index contributed by atoms with van der Waals surface area (Å²) in [7, 11) is 0. The molecule has 2 N–H and O–H groups in total. The molecule has 0 aromatic heterocycles. The average molecular weight is 276 g/mol. The van der Waals surface area contributed by atoms with E-state index < -0.39 is 5.60 Å². The van der Waals surface area contributed by atoms with Crippen LogP contribution in [0.1, 0.15) is 32.3 Å². The van der Waals surface area contributed by atoms with Crippen LogP contribution in [0.5, 0.6) is 0 Å². The largest absolute Gasteiger partial charge is 0.389 e. The van der Waals surface area contributed by atoms with Gasteiger partial charge in [0.25, 0.3) is 0 Å². The quantitative estimate of drug-likeness (QED) is 0.885. The van der Waals surface area contributed by atoms with Crippen LogP contribution in [-0.4, -0.2) is 41.1 Å². The third-order valence-corrected chi connectivity index (χ3v) is 3.77. The van der Waals surface area contributed by atoms with Gasteiger partial charge in [-0.15, -0.1) is 0 Å². The molecule has 1 fully saturated rings. The molecule has 1 saturated heterocycles. The van der Waals surface area contributed by atoms with Gasteiger partial charge in [0, 0.05) is 12.2 Å². The Morgan fingerprint density at radius 2 is 2.10 bits per heavy atom. The number of benzene rings is 1. The van der Waals surface area contributed by atoms with Crippen LogP contribution in [0.15, 0.2) is 24.3 Å². The number of hydrogen-bond acceptors (Lipinski definition) is 3. The van der Waals surface area contributed by atoms with E-state index >= 15 is 0 Å². The van der Waals surface area contributed by atoms with Crippen LogP contribution >= 0.6 is 0 Å². The van der Waals surface area contributed by atoms with E-state index in [-0.39, 0.29) is 5.91 Å². The molecule has 20 heavy (non-hydrogen) atoms. The number of piperidine rings is 1. The molecule has 1 heterocycles. The van der Waals surface area contributed by atoms with Crippen LogP contribution < -0.4 is 5.32 Å². The standard InChI is InChI=1S/C16H24N2O2/c1-3-13-5-7-14(8-6-13)17-15(19)11-18-10-4-9-16(2,20)12-18/h5-8,20H,3-4,9-12H2,1-2H3,(H,17,19). The number of carbonyl (C=O) groups is 1. The number of nitrogens with zero attached hydrogens (tertiary/aromatic N) is 1. The summed E-state index contributed by atoms with van der Waals surface area (Å²) in [5.74, 6) is -0.0213. The number of β-amino-alcohol motifs (C(OH)–C–C–N with tert-alkyl or cyclic N) is 1. The SMILES string of the molecule is CCc1ccc(NC(=O)CN2CCCC(C)(O)C2)cc1. The monoisotopic (exact) mass is 276 g/mol. The van der Waals surface area contributed by atoms with Crippen molar-refractivity contribution in [2.24, 2.45) is 0 Å². The van der Waals surface area contributed by atoms with Gasteiger partial charge in [0.2, 0.25) is 5.91 Å². The summed E-state index contributed by atoms with van der Waals surface area (Å²) in [5, 5.41) is 12.9. The molecule has 0 aliphatic carbocycles. The third kappa shape index (κ3) is 4.32. The Morgan fingerprint density at radius 3 is 2.70 bits per heavy atom. The van der Waals surface area contributed by atoms with Crippen molar-refractivity contribution in [3.05, 3.63) is 29.8 Å². The molecule has 1 aromatic carbocycles. The van der Waals surface area contributed by atoms with Crippen LogP contribution in [0.3, 0.4) is 0 Å². The third-order valence-electron chi connectivity index (χ3n) is 3.77. The summed E-state index contributed by atoms with van der Waals surface area (Å²) in [4.78, 5) is 14.0. The van der Waals surface area contributed by atoms with Gasteiger partial charge in [0.15, 0.2) is 0 Å². The van der Waals surface area contributed by atoms with Crippen molar-refractivity contribution < 1.29 is 9.90 Å². The highest BCUT2D eigenvalue weighted by Gasteiger charge is 2.29. The highest BCUT2D eigenvalue weighted by atomic mass is 16.3. The number of likely N-dealkylation sites (tertiary alicyclic amines) is 1. The Kier molecular flexibility index (Phi) is 4.78. The highest BCUT2D eigenvalue weighted by Crippen LogP contribution is 2.20. The maximum atomic E-state index is 12.0. The number of aliphatic hydroxyl groups is 1. The normalized spacial score (nSPS) is 23.6. The van der Waals surface area contributed by atoms with Crippen LogP contribution in [-0.2, 0) is 11.2 Å². The first kappa shape index (κ1) is 15.0. The van der Waals surface area contributed by atoms with Crippen LogP contribution in [0.4, 0.5) is 5.69 Å². The number of hydrogen-bond donors (Lipinski definition) is 2. The van der Waals surface area contributed by atoms with Gasteiger partial charge < -0.3 is 10.4 Å². The van der Waals surface area contributed by atoms with Gasteiger partial charge in [0.1, 0.15) is 0 Å². The fourth-order valence-corrected chi connectivity index (χ4v) is 2.69. The van der Waals surface area contributed by atoms with Gasteiger partial charge in [0.05, 0.1) is 12.1 Å². The van der Waals surface area contributed by atoms with Crippen molar-refractivity contribution in [2.75, 3.05) is 25.0 Å². The molecule has 0 bridgehead atoms. The summed E-state index contributed by atoms with van der Waals surface area (Å²) in [6.45, 7) is 5.72. The van der Waals surface area contributed by atoms with Crippen LogP contribution in [0, 0.1) is 0 Å². The smallest absolute Gasteiger partial charge is 0.238 e. The Bertz CT molecular complexity index is 454. The van der Waals surface area contributed by atoms with E-state index in [1.54, 1.807) is 0 Å². The van der Waals surface area contributed by atoms with Gasteiger partial charge in [-0.1, -0.05) is 19.1 Å². The Hall–Kier alpha value is -1.39. The second kappa shape index (κ2) is 6.37. The lowest BCUT2D eigenvalue weighted by Gasteiger charge is -2.36. The van der Waals surface area contributed by atoms with E-state index in [4.69, 9.17) is 0 Å². The molecular formula is C16H24N2O2. The fourth-order valence-electron chi connectivity index (χ4n) is 2.69. The molecule has 1 amide bonds. The van der Waals surface area contributed by atoms with Crippen molar-refractivity contribution in [3.8, 4) is 0 Å². The molecule has 0 radical (unpaired) electrons. The minimum atomic E-state index is -0.665. The summed E-state index contributed by atoms with van der Waals surface area (Å²) >= 11 is 0. The number of anilines is 1. The molecule has 1 aliphatic heterocycles. The molecule has 1 aromatic rings. The average Bonchev–Trinajstić information content (AvgIpc) is 2.38. The minimum Gasteiger partial charge on any atom is -0.389 e. The highest BCUT2D eigenvalue weighted by molar-refractivity contribution is 5.92. The second-order valence-corrected chi connectivity index (χ2v) is 5.91. The summed E-state index contributed by atoms with van der Waals surface area (Å²) in [6.07, 6.45) is 2.74. The molecule has 110 valence electrons. The van der Waals surface area contributed by atoms with Gasteiger partial charge >= 0.3 is 0 Å².